The number of pyridine rings is 1. The lowest BCUT2D eigenvalue weighted by molar-refractivity contribution is -0.124. The number of carbonyl (C=O) groups is 1. The van der Waals surface area contributed by atoms with E-state index in [1.807, 2.05) is 0 Å². The van der Waals surface area contributed by atoms with Gasteiger partial charge in [-0.25, -0.2) is 8.42 Å². The molecule has 1 amide bonds. The van der Waals surface area contributed by atoms with Gasteiger partial charge in [-0.3, -0.25) is 9.78 Å². The van der Waals surface area contributed by atoms with Gasteiger partial charge in [-0.1, -0.05) is 0 Å². The molecule has 0 spiro atoms. The number of nitrogens with one attached hydrogen (secondary N) is 2. The van der Waals surface area contributed by atoms with Crippen LogP contribution in [0.2, 0.25) is 0 Å². The second kappa shape index (κ2) is 5.33. The third-order valence-corrected chi connectivity index (χ3v) is 4.45. The van der Waals surface area contributed by atoms with Crippen LogP contribution < -0.4 is 10.0 Å². The van der Waals surface area contributed by atoms with Crippen LogP contribution in [0.5, 0.6) is 0 Å². The van der Waals surface area contributed by atoms with Gasteiger partial charge in [-0.15, -0.1) is 0 Å². The average Bonchev–Trinajstić information content (AvgIpc) is 2.32. The molecule has 1 aliphatic heterocycles. The Morgan fingerprint density at radius 1 is 1.44 bits per heavy atom. The summed E-state index contributed by atoms with van der Waals surface area (Å²) in [6.07, 6.45) is 4.00. The summed E-state index contributed by atoms with van der Waals surface area (Å²) >= 11 is 3.16. The van der Waals surface area contributed by atoms with E-state index in [1.165, 1.54) is 18.5 Å². The minimum atomic E-state index is -3.72. The second-order valence-corrected chi connectivity index (χ2v) is 6.58. The highest BCUT2D eigenvalue weighted by atomic mass is 79.9. The third-order valence-electron chi connectivity index (χ3n) is 2.57. The number of aromatic nitrogens is 1. The fraction of sp³-hybridized carbons (Fsp3) is 0.400. The van der Waals surface area contributed by atoms with Crippen molar-refractivity contribution < 1.29 is 13.2 Å². The average molecular weight is 334 g/mol. The van der Waals surface area contributed by atoms with Crippen LogP contribution in [0.4, 0.5) is 0 Å². The first-order valence-electron chi connectivity index (χ1n) is 5.39. The van der Waals surface area contributed by atoms with Crippen molar-refractivity contribution >= 4 is 31.9 Å². The zero-order valence-electron chi connectivity index (χ0n) is 9.39. The van der Waals surface area contributed by atoms with E-state index in [1.54, 1.807) is 0 Å². The largest absolute Gasteiger partial charge is 0.355 e. The van der Waals surface area contributed by atoms with Gasteiger partial charge in [0.15, 0.2) is 0 Å². The van der Waals surface area contributed by atoms with Crippen LogP contribution in [-0.4, -0.2) is 31.9 Å². The van der Waals surface area contributed by atoms with Gasteiger partial charge in [0.2, 0.25) is 15.9 Å². The fourth-order valence-electron chi connectivity index (χ4n) is 1.68. The molecule has 1 fully saturated rings. The van der Waals surface area contributed by atoms with E-state index >= 15 is 0 Å². The second-order valence-electron chi connectivity index (χ2n) is 3.95. The summed E-state index contributed by atoms with van der Waals surface area (Å²) in [4.78, 5) is 15.3. The predicted octanol–water partition coefficient (Wildman–Crippen LogP) is 0.401. The van der Waals surface area contributed by atoms with Gasteiger partial charge in [0.05, 0.1) is 0 Å². The number of halogens is 1. The summed E-state index contributed by atoms with van der Waals surface area (Å²) in [6, 6.07) is 0.735. The number of piperidine rings is 1. The van der Waals surface area contributed by atoms with Gasteiger partial charge < -0.3 is 5.32 Å². The van der Waals surface area contributed by atoms with E-state index in [0.29, 0.717) is 17.4 Å². The molecule has 1 saturated heterocycles. The number of nitrogens with zero attached hydrogens (tertiary/aromatic N) is 1. The molecule has 6 nitrogen and oxygen atoms in total. The van der Waals surface area contributed by atoms with Crippen LogP contribution in [0, 0.1) is 0 Å². The van der Waals surface area contributed by atoms with Crippen LogP contribution in [0.3, 0.4) is 0 Å². The van der Waals surface area contributed by atoms with Crippen molar-refractivity contribution in [1.82, 2.24) is 15.0 Å². The molecule has 0 aliphatic carbocycles. The Morgan fingerprint density at radius 2 is 2.22 bits per heavy atom. The Hall–Kier alpha value is -0.990. The molecule has 0 radical (unpaired) electrons. The van der Waals surface area contributed by atoms with Crippen molar-refractivity contribution in [1.29, 1.82) is 0 Å². The summed E-state index contributed by atoms with van der Waals surface area (Å²) in [5, 5.41) is 2.63. The number of sulfonamides is 1. The molecule has 0 bridgehead atoms. The number of rotatable bonds is 3. The molecule has 0 saturated carbocycles. The molecule has 98 valence electrons. The Bertz CT molecular complexity index is 561. The Balaban J connectivity index is 2.19. The van der Waals surface area contributed by atoms with Crippen LogP contribution >= 0.6 is 15.9 Å². The summed E-state index contributed by atoms with van der Waals surface area (Å²) in [6.45, 7) is 0.593. The molecule has 2 N–H and O–H groups in total. The summed E-state index contributed by atoms with van der Waals surface area (Å²) in [7, 11) is -3.72. The lowest BCUT2D eigenvalue weighted by Crippen LogP contribution is -2.50. The zero-order valence-corrected chi connectivity index (χ0v) is 11.8. The SMILES string of the molecule is O=C1NCCC[C@@H]1NS(=O)(=O)c1cncc(Br)c1. The monoisotopic (exact) mass is 333 g/mol. The number of carbonyl (C=O) groups excluding carboxylic acids is 1. The maximum absolute atomic E-state index is 12.0. The highest BCUT2D eigenvalue weighted by Gasteiger charge is 2.27. The molecule has 2 heterocycles. The number of hydrogen-bond donors (Lipinski definition) is 2. The maximum Gasteiger partial charge on any atom is 0.242 e. The Morgan fingerprint density at radius 3 is 2.89 bits per heavy atom. The van der Waals surface area contributed by atoms with Gasteiger partial charge in [-0.05, 0) is 34.8 Å². The van der Waals surface area contributed by atoms with Crippen molar-refractivity contribution in [3.8, 4) is 0 Å². The Labute approximate surface area is 113 Å². The van der Waals surface area contributed by atoms with Crippen molar-refractivity contribution in [3.63, 3.8) is 0 Å². The van der Waals surface area contributed by atoms with Gasteiger partial charge in [0.25, 0.3) is 0 Å². The van der Waals surface area contributed by atoms with Gasteiger partial charge in [-0.2, -0.15) is 4.72 Å². The van der Waals surface area contributed by atoms with E-state index in [2.05, 4.69) is 31.0 Å². The molecular weight excluding hydrogens is 322 g/mol. The van der Waals surface area contributed by atoms with Gasteiger partial charge in [0, 0.05) is 23.4 Å². The van der Waals surface area contributed by atoms with Crippen molar-refractivity contribution in [3.05, 3.63) is 22.9 Å². The van der Waals surface area contributed by atoms with Crippen LogP contribution in [0.15, 0.2) is 27.8 Å². The van der Waals surface area contributed by atoms with E-state index < -0.39 is 16.1 Å². The standard InChI is InChI=1S/C10H12BrN3O3S/c11-7-4-8(6-12-5-7)18(16,17)14-9-2-1-3-13-10(9)15/h4-6,9,14H,1-3H2,(H,13,15)/t9-/m0/s1. The zero-order chi connectivity index (χ0) is 13.2. The van der Waals surface area contributed by atoms with E-state index in [-0.39, 0.29) is 10.8 Å². The molecule has 0 unspecified atom stereocenters. The summed E-state index contributed by atoms with van der Waals surface area (Å²) in [5.74, 6) is -0.284. The highest BCUT2D eigenvalue weighted by Crippen LogP contribution is 2.15. The Kier molecular flexibility index (Phi) is 3.98. The van der Waals surface area contributed by atoms with Crippen molar-refractivity contribution in [2.75, 3.05) is 6.54 Å². The van der Waals surface area contributed by atoms with Gasteiger partial charge in [0.1, 0.15) is 10.9 Å². The molecule has 2 rings (SSSR count). The molecule has 0 aromatic carbocycles. The maximum atomic E-state index is 12.0. The topological polar surface area (TPSA) is 88.2 Å². The highest BCUT2D eigenvalue weighted by molar-refractivity contribution is 9.10. The molecule has 1 aliphatic rings. The summed E-state index contributed by atoms with van der Waals surface area (Å²) in [5.41, 5.74) is 0. The van der Waals surface area contributed by atoms with Crippen LogP contribution in [0.1, 0.15) is 12.8 Å². The minimum absolute atomic E-state index is 0.0373. The van der Waals surface area contributed by atoms with Crippen LogP contribution in [-0.2, 0) is 14.8 Å². The predicted molar refractivity (Wildman–Crippen MR) is 68.3 cm³/mol. The minimum Gasteiger partial charge on any atom is -0.355 e. The lowest BCUT2D eigenvalue weighted by atomic mass is 10.1. The van der Waals surface area contributed by atoms with Crippen LogP contribution in [0.25, 0.3) is 0 Å². The molecule has 1 aromatic heterocycles. The summed E-state index contributed by atoms with van der Waals surface area (Å²) < 4.78 is 27.0. The molecule has 1 aromatic rings. The lowest BCUT2D eigenvalue weighted by Gasteiger charge is -2.22. The first-order valence-corrected chi connectivity index (χ1v) is 7.67. The molecule has 18 heavy (non-hydrogen) atoms. The van der Waals surface area contributed by atoms with Crippen molar-refractivity contribution in [2.24, 2.45) is 0 Å². The number of hydrogen-bond acceptors (Lipinski definition) is 4. The fourth-order valence-corrected chi connectivity index (χ4v) is 3.41. The van der Waals surface area contributed by atoms with Gasteiger partial charge >= 0.3 is 0 Å². The molecule has 8 heteroatoms. The van der Waals surface area contributed by atoms with E-state index in [4.69, 9.17) is 0 Å². The quantitative estimate of drug-likeness (QED) is 0.838. The first kappa shape index (κ1) is 13.4. The van der Waals surface area contributed by atoms with E-state index in [9.17, 15) is 13.2 Å². The smallest absolute Gasteiger partial charge is 0.242 e. The number of amides is 1. The third kappa shape index (κ3) is 3.06. The normalized spacial score (nSPS) is 20.5. The van der Waals surface area contributed by atoms with E-state index in [0.717, 1.165) is 6.42 Å². The molecular formula is C10H12BrN3O3S. The van der Waals surface area contributed by atoms with Crippen molar-refractivity contribution in [2.45, 2.75) is 23.8 Å². The first-order chi connectivity index (χ1) is 8.49. The molecule has 1 atom stereocenters.